The molecule has 152 valence electrons. The summed E-state index contributed by atoms with van der Waals surface area (Å²) in [7, 11) is 0. The molecule has 1 aromatic rings. The first-order valence-corrected chi connectivity index (χ1v) is 9.66. The van der Waals surface area contributed by atoms with Crippen LogP contribution in [0.1, 0.15) is 45.1 Å². The highest BCUT2D eigenvalue weighted by molar-refractivity contribution is 5.96. The third kappa shape index (κ3) is 7.42. The van der Waals surface area contributed by atoms with Crippen molar-refractivity contribution >= 4 is 24.0 Å². The lowest BCUT2D eigenvalue weighted by Crippen LogP contribution is -2.48. The molecule has 3 amide bonds. The van der Waals surface area contributed by atoms with E-state index in [4.69, 9.17) is 9.47 Å². The van der Waals surface area contributed by atoms with E-state index in [1.807, 2.05) is 6.92 Å². The van der Waals surface area contributed by atoms with E-state index in [-0.39, 0.29) is 6.04 Å². The Hall–Kier alpha value is -2.83. The zero-order valence-corrected chi connectivity index (χ0v) is 16.4. The molecule has 0 saturated heterocycles. The van der Waals surface area contributed by atoms with Crippen molar-refractivity contribution in [2.45, 2.75) is 45.6 Å². The minimum atomic E-state index is -0.663. The molecule has 0 bridgehead atoms. The van der Waals surface area contributed by atoms with Gasteiger partial charge in [-0.3, -0.25) is 10.1 Å². The molecule has 0 spiro atoms. The van der Waals surface area contributed by atoms with Gasteiger partial charge in [-0.15, -0.1) is 0 Å². The van der Waals surface area contributed by atoms with Crippen LogP contribution in [0.3, 0.4) is 0 Å². The van der Waals surface area contributed by atoms with E-state index < -0.39 is 24.5 Å². The fourth-order valence-electron chi connectivity index (χ4n) is 3.09. The molecule has 7 nitrogen and oxygen atoms in total. The van der Waals surface area contributed by atoms with E-state index in [0.717, 1.165) is 30.6 Å². The van der Waals surface area contributed by atoms with Crippen LogP contribution in [0, 0.1) is 5.92 Å². The van der Waals surface area contributed by atoms with Crippen molar-refractivity contribution in [1.82, 2.24) is 10.6 Å². The van der Waals surface area contributed by atoms with E-state index in [9.17, 15) is 14.4 Å². The van der Waals surface area contributed by atoms with Crippen molar-refractivity contribution in [2.75, 3.05) is 13.2 Å². The molecule has 1 aliphatic rings. The summed E-state index contributed by atoms with van der Waals surface area (Å²) in [6.07, 6.45) is 7.02. The second-order valence-corrected chi connectivity index (χ2v) is 6.83. The molecule has 7 heteroatoms. The molecule has 0 aliphatic heterocycles. The highest BCUT2D eigenvalue weighted by Crippen LogP contribution is 2.23. The Labute approximate surface area is 165 Å². The fourth-order valence-corrected chi connectivity index (χ4v) is 3.09. The quantitative estimate of drug-likeness (QED) is 0.553. The molecular formula is C21H28N2O5. The Bertz CT molecular complexity index is 699. The third-order valence-corrected chi connectivity index (χ3v) is 4.63. The highest BCUT2D eigenvalue weighted by Gasteiger charge is 2.23. The van der Waals surface area contributed by atoms with Gasteiger partial charge in [-0.1, -0.05) is 31.9 Å². The summed E-state index contributed by atoms with van der Waals surface area (Å²) in [5, 5.41) is 5.00. The van der Waals surface area contributed by atoms with E-state index in [0.29, 0.717) is 12.5 Å². The summed E-state index contributed by atoms with van der Waals surface area (Å²) >= 11 is 0. The maximum absolute atomic E-state index is 11.9. The first-order valence-electron chi connectivity index (χ1n) is 9.66. The van der Waals surface area contributed by atoms with Crippen LogP contribution in [0.5, 0.6) is 5.75 Å². The molecule has 2 unspecified atom stereocenters. The molecule has 1 saturated carbocycles. The number of amides is 3. The standard InChI is InChI=1S/C21H28N2O5/c1-3-27-17-11-8-16(9-12-17)10-13-20(25)28-14-19(24)23-21(26)22-18-7-5-4-6-15(18)2/h8-13,15,18H,3-7,14H2,1-2H3,(H2,22,23,24,26)/b13-10+. The van der Waals surface area contributed by atoms with Crippen LogP contribution in [-0.4, -0.2) is 37.2 Å². The molecule has 1 fully saturated rings. The maximum atomic E-state index is 11.9. The van der Waals surface area contributed by atoms with Crippen molar-refractivity contribution in [2.24, 2.45) is 5.92 Å². The largest absolute Gasteiger partial charge is 0.494 e. The van der Waals surface area contributed by atoms with Gasteiger partial charge in [0.05, 0.1) is 6.61 Å². The van der Waals surface area contributed by atoms with Crippen molar-refractivity contribution < 1.29 is 23.9 Å². The minimum absolute atomic E-state index is 0.0705. The molecule has 0 heterocycles. The summed E-state index contributed by atoms with van der Waals surface area (Å²) in [6.45, 7) is 4.06. The van der Waals surface area contributed by atoms with Crippen LogP contribution in [0.25, 0.3) is 6.08 Å². The molecule has 0 radical (unpaired) electrons. The monoisotopic (exact) mass is 388 g/mol. The van der Waals surface area contributed by atoms with Crippen LogP contribution in [-0.2, 0) is 14.3 Å². The fraction of sp³-hybridized carbons (Fsp3) is 0.476. The van der Waals surface area contributed by atoms with Gasteiger partial charge in [0.1, 0.15) is 5.75 Å². The zero-order chi connectivity index (χ0) is 20.4. The first kappa shape index (κ1) is 21.5. The normalized spacial score (nSPS) is 19.1. The van der Waals surface area contributed by atoms with Crippen LogP contribution in [0.15, 0.2) is 30.3 Å². The predicted molar refractivity (Wildman–Crippen MR) is 106 cm³/mol. The number of imide groups is 1. The van der Waals surface area contributed by atoms with Crippen molar-refractivity contribution in [3.8, 4) is 5.75 Å². The van der Waals surface area contributed by atoms with Gasteiger partial charge in [0, 0.05) is 12.1 Å². The van der Waals surface area contributed by atoms with Gasteiger partial charge in [0.15, 0.2) is 6.61 Å². The van der Waals surface area contributed by atoms with E-state index in [1.165, 1.54) is 12.5 Å². The topological polar surface area (TPSA) is 93.7 Å². The lowest BCUT2D eigenvalue weighted by Gasteiger charge is -2.29. The number of nitrogens with one attached hydrogen (secondary N) is 2. The Balaban J connectivity index is 1.69. The van der Waals surface area contributed by atoms with Gasteiger partial charge >= 0.3 is 12.0 Å². The molecule has 2 rings (SSSR count). The number of hydrogen-bond acceptors (Lipinski definition) is 5. The number of benzene rings is 1. The van der Waals surface area contributed by atoms with Crippen LogP contribution in [0.2, 0.25) is 0 Å². The molecule has 2 atom stereocenters. The SMILES string of the molecule is CCOc1ccc(/C=C/C(=O)OCC(=O)NC(=O)NC2CCCCC2C)cc1. The Kier molecular flexibility index (Phi) is 8.52. The third-order valence-electron chi connectivity index (χ3n) is 4.63. The molecule has 0 aromatic heterocycles. The maximum Gasteiger partial charge on any atom is 0.331 e. The van der Waals surface area contributed by atoms with Crippen molar-refractivity contribution in [3.63, 3.8) is 0 Å². The number of ether oxygens (including phenoxy) is 2. The van der Waals surface area contributed by atoms with Crippen LogP contribution in [0.4, 0.5) is 4.79 Å². The second-order valence-electron chi connectivity index (χ2n) is 6.83. The van der Waals surface area contributed by atoms with E-state index in [2.05, 4.69) is 17.6 Å². The number of hydrogen-bond donors (Lipinski definition) is 2. The van der Waals surface area contributed by atoms with Gasteiger partial charge < -0.3 is 14.8 Å². The van der Waals surface area contributed by atoms with Gasteiger partial charge in [-0.05, 0) is 49.5 Å². The molecule has 28 heavy (non-hydrogen) atoms. The Morgan fingerprint density at radius 2 is 1.86 bits per heavy atom. The zero-order valence-electron chi connectivity index (χ0n) is 16.4. The van der Waals surface area contributed by atoms with Crippen LogP contribution < -0.4 is 15.4 Å². The van der Waals surface area contributed by atoms with Crippen molar-refractivity contribution in [3.05, 3.63) is 35.9 Å². The molecular weight excluding hydrogens is 360 g/mol. The van der Waals surface area contributed by atoms with Gasteiger partial charge in [-0.25, -0.2) is 9.59 Å². The summed E-state index contributed by atoms with van der Waals surface area (Å²) in [4.78, 5) is 35.4. The average molecular weight is 388 g/mol. The summed E-state index contributed by atoms with van der Waals surface area (Å²) in [6, 6.07) is 6.73. The molecule has 2 N–H and O–H groups in total. The second kappa shape index (κ2) is 11.1. The number of rotatable bonds is 7. The number of carbonyl (C=O) groups excluding carboxylic acids is 3. The lowest BCUT2D eigenvalue weighted by molar-refractivity contribution is -0.143. The minimum Gasteiger partial charge on any atom is -0.494 e. The lowest BCUT2D eigenvalue weighted by atomic mass is 9.86. The van der Waals surface area contributed by atoms with Crippen molar-refractivity contribution in [1.29, 1.82) is 0 Å². The summed E-state index contributed by atoms with van der Waals surface area (Å²) < 4.78 is 10.2. The smallest absolute Gasteiger partial charge is 0.331 e. The average Bonchev–Trinajstić information content (AvgIpc) is 2.68. The number of esters is 1. The Morgan fingerprint density at radius 1 is 1.14 bits per heavy atom. The van der Waals surface area contributed by atoms with E-state index in [1.54, 1.807) is 30.3 Å². The summed E-state index contributed by atoms with van der Waals surface area (Å²) in [5.74, 6) is -0.186. The van der Waals surface area contributed by atoms with Crippen LogP contribution >= 0.6 is 0 Å². The molecule has 1 aliphatic carbocycles. The number of carbonyl (C=O) groups is 3. The number of urea groups is 1. The van der Waals surface area contributed by atoms with Gasteiger partial charge in [0.25, 0.3) is 5.91 Å². The van der Waals surface area contributed by atoms with Gasteiger partial charge in [-0.2, -0.15) is 0 Å². The van der Waals surface area contributed by atoms with Gasteiger partial charge in [0.2, 0.25) is 0 Å². The first-order chi connectivity index (χ1) is 13.5. The highest BCUT2D eigenvalue weighted by atomic mass is 16.5. The molecule has 1 aromatic carbocycles. The predicted octanol–water partition coefficient (Wildman–Crippen LogP) is 3.05. The summed E-state index contributed by atoms with van der Waals surface area (Å²) in [5.41, 5.74) is 0.797. The Morgan fingerprint density at radius 3 is 2.54 bits per heavy atom. The van der Waals surface area contributed by atoms with E-state index >= 15 is 0 Å².